The summed E-state index contributed by atoms with van der Waals surface area (Å²) in [7, 11) is 0. The molecule has 3 rings (SSSR count). The zero-order valence-corrected chi connectivity index (χ0v) is 12.5. The number of nitrogens with two attached hydrogens (primary N) is 1. The number of piperidine rings is 1. The van der Waals surface area contributed by atoms with Gasteiger partial charge >= 0.3 is 6.03 Å². The van der Waals surface area contributed by atoms with E-state index in [-0.39, 0.29) is 6.03 Å². The number of amides is 2. The van der Waals surface area contributed by atoms with Crippen molar-refractivity contribution in [1.29, 1.82) is 0 Å². The van der Waals surface area contributed by atoms with E-state index >= 15 is 0 Å². The molecule has 1 unspecified atom stereocenters. The number of nitrogens with zero attached hydrogens (tertiary/aromatic N) is 1. The van der Waals surface area contributed by atoms with Crippen molar-refractivity contribution in [2.24, 2.45) is 11.7 Å². The van der Waals surface area contributed by atoms with Gasteiger partial charge in [0, 0.05) is 25.2 Å². The van der Waals surface area contributed by atoms with Crippen molar-refractivity contribution >= 4 is 6.03 Å². The molecule has 0 aromatic heterocycles. The van der Waals surface area contributed by atoms with Gasteiger partial charge < -0.3 is 16.0 Å². The van der Waals surface area contributed by atoms with E-state index in [4.69, 9.17) is 5.73 Å². The van der Waals surface area contributed by atoms with Gasteiger partial charge in [0.15, 0.2) is 0 Å². The Hall–Kier alpha value is -1.55. The number of hydrogen-bond acceptors (Lipinski definition) is 2. The van der Waals surface area contributed by atoms with Gasteiger partial charge in [-0.05, 0) is 37.2 Å². The smallest absolute Gasteiger partial charge is 0.314 e. The molecule has 1 aromatic rings. The molecule has 2 fully saturated rings. The summed E-state index contributed by atoms with van der Waals surface area (Å²) in [5, 5.41) is 3.85. The molecular formula is C17H25N3O. The second-order valence-electron chi connectivity index (χ2n) is 6.35. The lowest BCUT2D eigenvalue weighted by Gasteiger charge is -2.39. The molecule has 4 nitrogen and oxygen atoms in total. The summed E-state index contributed by atoms with van der Waals surface area (Å²) in [4.78, 5) is 12.9. The number of hydrogen-bond donors (Lipinski definition) is 2. The molecule has 0 bridgehead atoms. The Morgan fingerprint density at radius 1 is 1.14 bits per heavy atom. The largest absolute Gasteiger partial charge is 0.351 e. The van der Waals surface area contributed by atoms with Crippen LogP contribution in [0.2, 0.25) is 0 Å². The number of carbonyl (C=O) groups excluding carboxylic acids is 1. The molecule has 0 spiro atoms. The third-order valence-electron chi connectivity index (χ3n) is 5.00. The van der Waals surface area contributed by atoms with E-state index in [2.05, 4.69) is 35.6 Å². The predicted octanol–water partition coefficient (Wildman–Crippen LogP) is 2.66. The van der Waals surface area contributed by atoms with Crippen molar-refractivity contribution in [3.63, 3.8) is 0 Å². The molecule has 2 amide bonds. The van der Waals surface area contributed by atoms with Gasteiger partial charge in [0.2, 0.25) is 0 Å². The maximum Gasteiger partial charge on any atom is 0.314 e. The number of urea groups is 1. The normalized spacial score (nSPS) is 21.8. The molecule has 1 aromatic carbocycles. The maximum absolute atomic E-state index is 11.2. The average Bonchev–Trinajstić information content (AvgIpc) is 2.46. The Morgan fingerprint density at radius 2 is 1.81 bits per heavy atom. The molecule has 4 heteroatoms. The minimum atomic E-state index is -0.285. The van der Waals surface area contributed by atoms with E-state index in [1.165, 1.54) is 24.8 Å². The average molecular weight is 287 g/mol. The van der Waals surface area contributed by atoms with Crippen molar-refractivity contribution in [1.82, 2.24) is 10.2 Å². The zero-order chi connectivity index (χ0) is 14.7. The van der Waals surface area contributed by atoms with Gasteiger partial charge in [0.1, 0.15) is 0 Å². The lowest BCUT2D eigenvalue weighted by atomic mass is 9.76. The minimum absolute atomic E-state index is 0.285. The minimum Gasteiger partial charge on any atom is -0.351 e. The van der Waals surface area contributed by atoms with Crippen LogP contribution in [0.4, 0.5) is 4.79 Å². The molecule has 114 valence electrons. The van der Waals surface area contributed by atoms with E-state index in [1.54, 1.807) is 4.90 Å². The van der Waals surface area contributed by atoms with Gasteiger partial charge in [-0.15, -0.1) is 0 Å². The van der Waals surface area contributed by atoms with Gasteiger partial charge in [-0.2, -0.15) is 0 Å². The van der Waals surface area contributed by atoms with Gasteiger partial charge in [0.25, 0.3) is 0 Å². The Kier molecular flexibility index (Phi) is 4.44. The molecule has 3 N–H and O–H groups in total. The van der Waals surface area contributed by atoms with Gasteiger partial charge in [-0.3, -0.25) is 0 Å². The highest BCUT2D eigenvalue weighted by atomic mass is 16.2. The molecule has 1 heterocycles. The first-order valence-electron chi connectivity index (χ1n) is 8.09. The Labute approximate surface area is 126 Å². The van der Waals surface area contributed by atoms with Crippen molar-refractivity contribution in [2.75, 3.05) is 13.1 Å². The molecule has 21 heavy (non-hydrogen) atoms. The predicted molar refractivity (Wildman–Crippen MR) is 83.8 cm³/mol. The van der Waals surface area contributed by atoms with E-state index in [9.17, 15) is 4.79 Å². The van der Waals surface area contributed by atoms with Crippen LogP contribution in [0.5, 0.6) is 0 Å². The first-order chi connectivity index (χ1) is 10.2. The van der Waals surface area contributed by atoms with Crippen LogP contribution >= 0.6 is 0 Å². The summed E-state index contributed by atoms with van der Waals surface area (Å²) < 4.78 is 0. The fourth-order valence-electron chi connectivity index (χ4n) is 3.46. The third kappa shape index (κ3) is 3.38. The molecule has 1 saturated heterocycles. The van der Waals surface area contributed by atoms with E-state index < -0.39 is 0 Å². The van der Waals surface area contributed by atoms with Crippen LogP contribution in [0.25, 0.3) is 0 Å². The summed E-state index contributed by atoms with van der Waals surface area (Å²) >= 11 is 0. The highest BCUT2D eigenvalue weighted by Gasteiger charge is 2.31. The van der Waals surface area contributed by atoms with Crippen LogP contribution < -0.4 is 11.1 Å². The summed E-state index contributed by atoms with van der Waals surface area (Å²) in [6.45, 7) is 1.55. The van der Waals surface area contributed by atoms with Crippen LogP contribution in [-0.2, 0) is 0 Å². The Balaban J connectivity index is 1.62. The summed E-state index contributed by atoms with van der Waals surface area (Å²) in [5.74, 6) is 0.765. The highest BCUT2D eigenvalue weighted by Crippen LogP contribution is 2.38. The van der Waals surface area contributed by atoms with E-state index in [1.807, 2.05) is 0 Å². The van der Waals surface area contributed by atoms with Crippen LogP contribution in [0, 0.1) is 5.92 Å². The Bertz CT molecular complexity index is 464. The maximum atomic E-state index is 11.2. The first-order valence-corrected chi connectivity index (χ1v) is 8.09. The molecular weight excluding hydrogens is 262 g/mol. The fraction of sp³-hybridized carbons (Fsp3) is 0.588. The zero-order valence-electron chi connectivity index (χ0n) is 12.5. The van der Waals surface area contributed by atoms with E-state index in [0.717, 1.165) is 31.8 Å². The van der Waals surface area contributed by atoms with Crippen molar-refractivity contribution in [3.8, 4) is 0 Å². The van der Waals surface area contributed by atoms with Gasteiger partial charge in [0.05, 0.1) is 0 Å². The fourth-order valence-corrected chi connectivity index (χ4v) is 3.46. The third-order valence-corrected chi connectivity index (χ3v) is 5.00. The molecule has 1 atom stereocenters. The summed E-state index contributed by atoms with van der Waals surface area (Å²) in [6.07, 6.45) is 6.01. The summed E-state index contributed by atoms with van der Waals surface area (Å²) in [6, 6.07) is 11.5. The van der Waals surface area contributed by atoms with Crippen LogP contribution in [0.3, 0.4) is 0 Å². The first kappa shape index (κ1) is 14.4. The Morgan fingerprint density at radius 3 is 2.33 bits per heavy atom. The van der Waals surface area contributed by atoms with Crippen molar-refractivity contribution in [2.45, 2.75) is 44.2 Å². The van der Waals surface area contributed by atoms with Crippen LogP contribution in [0.1, 0.15) is 43.7 Å². The SMILES string of the molecule is NC(=O)N1CCC(NC(c2ccccc2)C2CCC2)CC1. The van der Waals surface area contributed by atoms with Crippen LogP contribution in [0.15, 0.2) is 30.3 Å². The highest BCUT2D eigenvalue weighted by molar-refractivity contribution is 5.72. The monoisotopic (exact) mass is 287 g/mol. The quantitative estimate of drug-likeness (QED) is 0.894. The number of rotatable bonds is 4. The topological polar surface area (TPSA) is 58.4 Å². The standard InChI is InChI=1S/C17H25N3O/c18-17(21)20-11-9-15(10-12-20)19-16(14-7-4-8-14)13-5-2-1-3-6-13/h1-3,5-6,14-16,19H,4,7-12H2,(H2,18,21). The molecule has 1 aliphatic carbocycles. The molecule has 1 saturated carbocycles. The van der Waals surface area contributed by atoms with Crippen molar-refractivity contribution in [3.05, 3.63) is 35.9 Å². The molecule has 0 radical (unpaired) electrons. The van der Waals surface area contributed by atoms with Gasteiger partial charge in [-0.1, -0.05) is 36.8 Å². The van der Waals surface area contributed by atoms with E-state index in [0.29, 0.717) is 12.1 Å². The van der Waals surface area contributed by atoms with Crippen molar-refractivity contribution < 1.29 is 4.79 Å². The number of likely N-dealkylation sites (tertiary alicyclic amines) is 1. The molecule has 1 aliphatic heterocycles. The lowest BCUT2D eigenvalue weighted by molar-refractivity contribution is 0.164. The second-order valence-corrected chi connectivity index (χ2v) is 6.35. The second kappa shape index (κ2) is 6.48. The van der Waals surface area contributed by atoms with Crippen LogP contribution in [-0.4, -0.2) is 30.1 Å². The molecule has 2 aliphatic rings. The number of carbonyl (C=O) groups is 1. The number of nitrogens with one attached hydrogen (secondary N) is 1. The number of benzene rings is 1. The van der Waals surface area contributed by atoms with Gasteiger partial charge in [-0.25, -0.2) is 4.79 Å². The lowest BCUT2D eigenvalue weighted by Crippen LogP contribution is -2.48. The summed E-state index contributed by atoms with van der Waals surface area (Å²) in [5.41, 5.74) is 6.75. The number of primary amides is 1.